The number of rotatable bonds is 7. The Hall–Kier alpha value is -2.20. The van der Waals surface area contributed by atoms with Crippen LogP contribution in [0, 0.1) is 0 Å². The van der Waals surface area contributed by atoms with Crippen molar-refractivity contribution < 1.29 is 14.6 Å². The van der Waals surface area contributed by atoms with E-state index in [-0.39, 0.29) is 29.7 Å². The third-order valence-electron chi connectivity index (χ3n) is 5.21. The van der Waals surface area contributed by atoms with Crippen LogP contribution in [0.3, 0.4) is 0 Å². The lowest BCUT2D eigenvalue weighted by Crippen LogP contribution is -2.52. The van der Waals surface area contributed by atoms with Gasteiger partial charge in [-0.3, -0.25) is 4.90 Å². The molecule has 0 radical (unpaired) electrons. The minimum absolute atomic E-state index is 0. The van der Waals surface area contributed by atoms with Gasteiger partial charge in [0.05, 0.1) is 20.8 Å². The fourth-order valence-corrected chi connectivity index (χ4v) is 3.59. The minimum atomic E-state index is 0. The Morgan fingerprint density at radius 3 is 2.16 bits per heavy atom. The first-order chi connectivity index (χ1) is 14.6. The van der Waals surface area contributed by atoms with Crippen molar-refractivity contribution in [3.63, 3.8) is 0 Å². The van der Waals surface area contributed by atoms with E-state index in [0.717, 1.165) is 50.8 Å². The first kappa shape index (κ1) is 25.1. The number of benzene rings is 2. The Morgan fingerprint density at radius 1 is 1.00 bits per heavy atom. The van der Waals surface area contributed by atoms with Crippen molar-refractivity contribution in [2.75, 3.05) is 46.9 Å². The molecule has 0 aromatic heterocycles. The maximum atomic E-state index is 10.1. The summed E-state index contributed by atoms with van der Waals surface area (Å²) in [6.45, 7) is 8.20. The van der Waals surface area contributed by atoms with Crippen molar-refractivity contribution in [1.82, 2.24) is 15.1 Å². The molecule has 1 aliphatic rings. The molecule has 8 heteroatoms. The van der Waals surface area contributed by atoms with Gasteiger partial charge >= 0.3 is 0 Å². The molecule has 0 bridgehead atoms. The van der Waals surface area contributed by atoms with Crippen molar-refractivity contribution >= 4 is 29.9 Å². The topological polar surface area (TPSA) is 69.6 Å². The Bertz CT molecular complexity index is 815. The number of halogens is 1. The van der Waals surface area contributed by atoms with Crippen LogP contribution in [0.4, 0.5) is 0 Å². The van der Waals surface area contributed by atoms with E-state index in [9.17, 15) is 5.11 Å². The van der Waals surface area contributed by atoms with Gasteiger partial charge in [0.1, 0.15) is 0 Å². The Balaban J connectivity index is 0.00000341. The number of nitrogens with zero attached hydrogens (tertiary/aromatic N) is 3. The molecule has 1 aliphatic heterocycles. The molecule has 0 unspecified atom stereocenters. The molecule has 0 aliphatic carbocycles. The van der Waals surface area contributed by atoms with Crippen LogP contribution in [0.15, 0.2) is 47.5 Å². The maximum Gasteiger partial charge on any atom is 0.200 e. The molecule has 2 N–H and O–H groups in total. The summed E-state index contributed by atoms with van der Waals surface area (Å²) in [5, 5.41) is 13.5. The number of hydrogen-bond acceptors (Lipinski definition) is 5. The summed E-state index contributed by atoms with van der Waals surface area (Å²) < 4.78 is 10.5. The largest absolute Gasteiger partial charge is 0.502 e. The molecular weight excluding hydrogens is 507 g/mol. The van der Waals surface area contributed by atoms with Crippen molar-refractivity contribution in [2.24, 2.45) is 4.99 Å². The molecule has 170 valence electrons. The quantitative estimate of drug-likeness (QED) is 0.319. The summed E-state index contributed by atoms with van der Waals surface area (Å²) >= 11 is 0. The van der Waals surface area contributed by atoms with E-state index in [1.54, 1.807) is 12.1 Å². The van der Waals surface area contributed by atoms with Gasteiger partial charge in [0, 0.05) is 39.3 Å². The Labute approximate surface area is 202 Å². The van der Waals surface area contributed by atoms with Gasteiger partial charge in [0.2, 0.25) is 5.75 Å². The Morgan fingerprint density at radius 2 is 1.61 bits per heavy atom. The lowest BCUT2D eigenvalue weighted by atomic mass is 10.2. The van der Waals surface area contributed by atoms with Gasteiger partial charge in [-0.2, -0.15) is 0 Å². The fraction of sp³-hybridized carbons (Fsp3) is 0.435. The van der Waals surface area contributed by atoms with Crippen LogP contribution in [0.2, 0.25) is 0 Å². The van der Waals surface area contributed by atoms with E-state index in [1.807, 2.05) is 0 Å². The average molecular weight is 540 g/mol. The number of phenols is 1. The average Bonchev–Trinajstić information content (AvgIpc) is 2.78. The lowest BCUT2D eigenvalue weighted by molar-refractivity contribution is 0.172. The zero-order valence-electron chi connectivity index (χ0n) is 18.5. The van der Waals surface area contributed by atoms with Crippen molar-refractivity contribution in [3.8, 4) is 17.2 Å². The number of ether oxygens (including phenoxy) is 2. The van der Waals surface area contributed by atoms with Gasteiger partial charge in [0.15, 0.2) is 17.5 Å². The minimum Gasteiger partial charge on any atom is -0.502 e. The molecule has 3 rings (SSSR count). The van der Waals surface area contributed by atoms with E-state index in [4.69, 9.17) is 14.5 Å². The molecule has 1 heterocycles. The molecular formula is C23H33IN4O3. The van der Waals surface area contributed by atoms with Gasteiger partial charge < -0.3 is 24.8 Å². The molecule has 1 fully saturated rings. The van der Waals surface area contributed by atoms with E-state index in [2.05, 4.69) is 52.4 Å². The molecule has 0 spiro atoms. The standard InChI is InChI=1S/C23H32N4O3.HI/c1-4-24-23(25-16-19-14-20(29-2)22(28)21(15-19)30-3)27-12-10-26(11-13-27)17-18-8-6-5-7-9-18;/h5-9,14-15,28H,4,10-13,16-17H2,1-3H3,(H,24,25);1H. The van der Waals surface area contributed by atoms with Crippen molar-refractivity contribution in [1.29, 1.82) is 0 Å². The van der Waals surface area contributed by atoms with Crippen molar-refractivity contribution in [3.05, 3.63) is 53.6 Å². The first-order valence-electron chi connectivity index (χ1n) is 10.4. The van der Waals surface area contributed by atoms with Crippen LogP contribution in [-0.2, 0) is 13.1 Å². The summed E-state index contributed by atoms with van der Waals surface area (Å²) in [6, 6.07) is 14.2. The fourth-order valence-electron chi connectivity index (χ4n) is 3.59. The van der Waals surface area contributed by atoms with Gasteiger partial charge in [-0.25, -0.2) is 4.99 Å². The highest BCUT2D eigenvalue weighted by Gasteiger charge is 2.20. The molecule has 0 amide bonds. The molecule has 7 nitrogen and oxygen atoms in total. The summed E-state index contributed by atoms with van der Waals surface area (Å²) in [7, 11) is 3.06. The summed E-state index contributed by atoms with van der Waals surface area (Å²) in [6.07, 6.45) is 0. The molecule has 0 saturated carbocycles. The number of nitrogens with one attached hydrogen (secondary N) is 1. The second kappa shape index (κ2) is 12.6. The molecule has 31 heavy (non-hydrogen) atoms. The highest BCUT2D eigenvalue weighted by molar-refractivity contribution is 14.0. The zero-order chi connectivity index (χ0) is 21.3. The molecule has 2 aromatic carbocycles. The van der Waals surface area contributed by atoms with Gasteiger partial charge in [-0.1, -0.05) is 30.3 Å². The number of methoxy groups -OCH3 is 2. The van der Waals surface area contributed by atoms with E-state index in [0.29, 0.717) is 18.0 Å². The third kappa shape index (κ3) is 6.90. The monoisotopic (exact) mass is 540 g/mol. The third-order valence-corrected chi connectivity index (χ3v) is 5.21. The second-order valence-corrected chi connectivity index (χ2v) is 7.27. The number of aromatic hydroxyl groups is 1. The predicted molar refractivity (Wildman–Crippen MR) is 135 cm³/mol. The summed E-state index contributed by atoms with van der Waals surface area (Å²) in [5.74, 6) is 1.69. The van der Waals surface area contributed by atoms with E-state index in [1.165, 1.54) is 19.8 Å². The lowest BCUT2D eigenvalue weighted by Gasteiger charge is -2.36. The summed E-state index contributed by atoms with van der Waals surface area (Å²) in [5.41, 5.74) is 2.27. The van der Waals surface area contributed by atoms with Crippen LogP contribution < -0.4 is 14.8 Å². The van der Waals surface area contributed by atoms with Crippen LogP contribution >= 0.6 is 24.0 Å². The highest BCUT2D eigenvalue weighted by Crippen LogP contribution is 2.37. The second-order valence-electron chi connectivity index (χ2n) is 7.27. The maximum absolute atomic E-state index is 10.1. The zero-order valence-corrected chi connectivity index (χ0v) is 20.8. The molecule has 2 aromatic rings. The number of piperazine rings is 1. The SMILES string of the molecule is CCNC(=NCc1cc(OC)c(O)c(OC)c1)N1CCN(Cc2ccccc2)CC1.I. The predicted octanol–water partition coefficient (Wildman–Crippen LogP) is 3.31. The summed E-state index contributed by atoms with van der Waals surface area (Å²) in [4.78, 5) is 9.60. The normalized spacial score (nSPS) is 14.7. The smallest absolute Gasteiger partial charge is 0.200 e. The van der Waals surface area contributed by atoms with Crippen LogP contribution in [0.25, 0.3) is 0 Å². The molecule has 1 saturated heterocycles. The first-order valence-corrected chi connectivity index (χ1v) is 10.4. The number of aliphatic imine (C=N–C) groups is 1. The highest BCUT2D eigenvalue weighted by atomic mass is 127. The number of hydrogen-bond donors (Lipinski definition) is 2. The van der Waals surface area contributed by atoms with Gasteiger partial charge in [-0.05, 0) is 30.2 Å². The van der Waals surface area contributed by atoms with Crippen LogP contribution in [-0.4, -0.2) is 67.8 Å². The Kier molecular flexibility index (Phi) is 10.2. The van der Waals surface area contributed by atoms with E-state index >= 15 is 0 Å². The molecule has 0 atom stereocenters. The van der Waals surface area contributed by atoms with E-state index < -0.39 is 0 Å². The van der Waals surface area contributed by atoms with Crippen LogP contribution in [0.1, 0.15) is 18.1 Å². The van der Waals surface area contributed by atoms with Gasteiger partial charge in [-0.15, -0.1) is 24.0 Å². The van der Waals surface area contributed by atoms with Crippen LogP contribution in [0.5, 0.6) is 17.2 Å². The van der Waals surface area contributed by atoms with Crippen molar-refractivity contribution in [2.45, 2.75) is 20.0 Å². The number of guanidine groups is 1. The van der Waals surface area contributed by atoms with Gasteiger partial charge in [0.25, 0.3) is 0 Å². The number of phenolic OH excluding ortho intramolecular Hbond substituents is 1.